The third-order valence-corrected chi connectivity index (χ3v) is 5.57. The van der Waals surface area contributed by atoms with Gasteiger partial charge in [-0.1, -0.05) is 0 Å². The number of sulfonamides is 1. The Morgan fingerprint density at radius 3 is 2.56 bits per heavy atom. The van der Waals surface area contributed by atoms with Crippen molar-refractivity contribution in [3.05, 3.63) is 17.9 Å². The molecular weight excluding hydrogens is 346 g/mol. The maximum Gasteiger partial charge on any atom is 0.287 e. The molecule has 0 radical (unpaired) electrons. The van der Waals surface area contributed by atoms with Crippen LogP contribution >= 0.6 is 0 Å². The standard InChI is InChI=1S/C16H25N3O5S/c1-11-9-19(10-12(2)23-11)8-7-17-16(20)14-5-6-15(24-14)25(21,22)18-13-3-4-13/h5-6,11-13,18H,3-4,7-10H2,1-2H3,(H,17,20). The van der Waals surface area contributed by atoms with Gasteiger partial charge >= 0.3 is 0 Å². The van der Waals surface area contributed by atoms with Crippen LogP contribution in [0.4, 0.5) is 0 Å². The Hall–Kier alpha value is -1.42. The molecule has 0 aromatic carbocycles. The first-order chi connectivity index (χ1) is 11.8. The Bertz CT molecular complexity index is 703. The van der Waals surface area contributed by atoms with Crippen molar-refractivity contribution in [3.63, 3.8) is 0 Å². The van der Waals surface area contributed by atoms with Gasteiger partial charge in [0.1, 0.15) is 0 Å². The van der Waals surface area contributed by atoms with E-state index in [4.69, 9.17) is 9.15 Å². The molecule has 2 aliphatic rings. The van der Waals surface area contributed by atoms with Crippen molar-refractivity contribution < 1.29 is 22.4 Å². The number of nitrogens with one attached hydrogen (secondary N) is 2. The van der Waals surface area contributed by atoms with Crippen LogP contribution in [-0.4, -0.2) is 63.7 Å². The van der Waals surface area contributed by atoms with Crippen molar-refractivity contribution in [2.45, 2.75) is 50.0 Å². The zero-order valence-corrected chi connectivity index (χ0v) is 15.3. The first-order valence-electron chi connectivity index (χ1n) is 8.61. The molecule has 1 aliphatic heterocycles. The Morgan fingerprint density at radius 2 is 1.92 bits per heavy atom. The monoisotopic (exact) mass is 371 g/mol. The summed E-state index contributed by atoms with van der Waals surface area (Å²) in [5.41, 5.74) is 0. The van der Waals surface area contributed by atoms with Crippen LogP contribution in [-0.2, 0) is 14.8 Å². The minimum absolute atomic E-state index is 0.000106. The lowest BCUT2D eigenvalue weighted by Crippen LogP contribution is -2.47. The Kier molecular flexibility index (Phi) is 5.47. The molecule has 9 heteroatoms. The van der Waals surface area contributed by atoms with Gasteiger partial charge in [-0.05, 0) is 38.8 Å². The van der Waals surface area contributed by atoms with E-state index in [0.717, 1.165) is 25.9 Å². The largest absolute Gasteiger partial charge is 0.438 e. The lowest BCUT2D eigenvalue weighted by Gasteiger charge is -2.35. The number of rotatable bonds is 7. The first-order valence-corrected chi connectivity index (χ1v) is 10.1. The maximum atomic E-state index is 12.1. The van der Waals surface area contributed by atoms with Crippen LogP contribution in [0, 0.1) is 0 Å². The number of carbonyl (C=O) groups excluding carboxylic acids is 1. The molecule has 0 bridgehead atoms. The fourth-order valence-electron chi connectivity index (χ4n) is 2.95. The van der Waals surface area contributed by atoms with E-state index < -0.39 is 15.9 Å². The smallest absolute Gasteiger partial charge is 0.287 e. The molecule has 2 fully saturated rings. The molecule has 140 valence electrons. The number of amides is 1. The maximum absolute atomic E-state index is 12.1. The molecule has 1 saturated heterocycles. The molecule has 1 amide bonds. The van der Waals surface area contributed by atoms with E-state index in [9.17, 15) is 13.2 Å². The number of ether oxygens (including phenoxy) is 1. The summed E-state index contributed by atoms with van der Waals surface area (Å²) in [5.74, 6) is -0.415. The van der Waals surface area contributed by atoms with Gasteiger partial charge in [0.25, 0.3) is 15.9 Å². The minimum atomic E-state index is -3.68. The van der Waals surface area contributed by atoms with E-state index in [2.05, 4.69) is 14.9 Å². The van der Waals surface area contributed by atoms with Crippen LogP contribution in [0.5, 0.6) is 0 Å². The molecule has 2 heterocycles. The second-order valence-electron chi connectivity index (χ2n) is 6.79. The van der Waals surface area contributed by atoms with Crippen molar-refractivity contribution in [2.24, 2.45) is 0 Å². The van der Waals surface area contributed by atoms with Gasteiger partial charge in [-0.25, -0.2) is 13.1 Å². The molecule has 1 aromatic rings. The van der Waals surface area contributed by atoms with Crippen molar-refractivity contribution >= 4 is 15.9 Å². The van der Waals surface area contributed by atoms with E-state index in [1.54, 1.807) is 0 Å². The van der Waals surface area contributed by atoms with Gasteiger partial charge in [-0.15, -0.1) is 0 Å². The van der Waals surface area contributed by atoms with Gasteiger partial charge in [0.2, 0.25) is 5.09 Å². The molecular formula is C16H25N3O5S. The predicted molar refractivity (Wildman–Crippen MR) is 90.8 cm³/mol. The molecule has 0 spiro atoms. The fourth-order valence-corrected chi connectivity index (χ4v) is 4.18. The molecule has 1 aliphatic carbocycles. The Labute approximate surface area is 147 Å². The van der Waals surface area contributed by atoms with Gasteiger partial charge in [-0.3, -0.25) is 9.69 Å². The highest BCUT2D eigenvalue weighted by molar-refractivity contribution is 7.89. The van der Waals surface area contributed by atoms with Crippen LogP contribution in [0.1, 0.15) is 37.2 Å². The number of nitrogens with zero attached hydrogens (tertiary/aromatic N) is 1. The summed E-state index contributed by atoms with van der Waals surface area (Å²) >= 11 is 0. The third-order valence-electron chi connectivity index (χ3n) is 4.18. The Morgan fingerprint density at radius 1 is 1.24 bits per heavy atom. The molecule has 2 N–H and O–H groups in total. The van der Waals surface area contributed by atoms with Crippen molar-refractivity contribution in [3.8, 4) is 0 Å². The highest BCUT2D eigenvalue weighted by atomic mass is 32.2. The van der Waals surface area contributed by atoms with Gasteiger partial charge < -0.3 is 14.5 Å². The number of hydrogen-bond donors (Lipinski definition) is 2. The van der Waals surface area contributed by atoms with Gasteiger partial charge in [0.05, 0.1) is 12.2 Å². The van der Waals surface area contributed by atoms with Gasteiger partial charge in [0, 0.05) is 32.2 Å². The normalized spacial score (nSPS) is 25.0. The third kappa shape index (κ3) is 5.04. The number of morpholine rings is 1. The molecule has 3 rings (SSSR count). The average molecular weight is 371 g/mol. The van der Waals surface area contributed by atoms with E-state index in [1.807, 2.05) is 13.8 Å². The average Bonchev–Trinajstić information content (AvgIpc) is 3.15. The summed E-state index contributed by atoms with van der Waals surface area (Å²) in [4.78, 5) is 14.4. The quantitative estimate of drug-likeness (QED) is 0.726. The van der Waals surface area contributed by atoms with E-state index in [1.165, 1.54) is 12.1 Å². The van der Waals surface area contributed by atoms with E-state index in [-0.39, 0.29) is 29.1 Å². The van der Waals surface area contributed by atoms with E-state index >= 15 is 0 Å². The van der Waals surface area contributed by atoms with E-state index in [0.29, 0.717) is 13.1 Å². The lowest BCUT2D eigenvalue weighted by molar-refractivity contribution is -0.0672. The van der Waals surface area contributed by atoms with Crippen molar-refractivity contribution in [1.29, 1.82) is 0 Å². The highest BCUT2D eigenvalue weighted by Gasteiger charge is 2.30. The van der Waals surface area contributed by atoms with Gasteiger partial charge in [-0.2, -0.15) is 0 Å². The van der Waals surface area contributed by atoms with Crippen molar-refractivity contribution in [1.82, 2.24) is 14.9 Å². The molecule has 2 unspecified atom stereocenters. The van der Waals surface area contributed by atoms with Gasteiger partial charge in [0.15, 0.2) is 5.76 Å². The summed E-state index contributed by atoms with van der Waals surface area (Å²) in [6.45, 7) is 6.89. The molecule has 25 heavy (non-hydrogen) atoms. The summed E-state index contributed by atoms with van der Waals surface area (Å²) in [6.07, 6.45) is 2.03. The lowest BCUT2D eigenvalue weighted by atomic mass is 10.2. The van der Waals surface area contributed by atoms with Crippen LogP contribution in [0.3, 0.4) is 0 Å². The Balaban J connectivity index is 1.48. The van der Waals surface area contributed by atoms with Crippen LogP contribution in [0.15, 0.2) is 21.6 Å². The second kappa shape index (κ2) is 7.45. The zero-order valence-electron chi connectivity index (χ0n) is 14.5. The number of hydrogen-bond acceptors (Lipinski definition) is 6. The summed E-state index contributed by atoms with van der Waals surface area (Å²) in [7, 11) is -3.68. The summed E-state index contributed by atoms with van der Waals surface area (Å²) < 4.78 is 37.5. The summed E-state index contributed by atoms with van der Waals surface area (Å²) in [6, 6.07) is 2.69. The molecule has 1 aromatic heterocycles. The van der Waals surface area contributed by atoms with Crippen LogP contribution < -0.4 is 10.0 Å². The number of carbonyl (C=O) groups is 1. The predicted octanol–water partition coefficient (Wildman–Crippen LogP) is 0.559. The zero-order chi connectivity index (χ0) is 18.0. The fraction of sp³-hybridized carbons (Fsp3) is 0.688. The SMILES string of the molecule is CC1CN(CCNC(=O)c2ccc(S(=O)(=O)NC3CC3)o2)CC(C)O1. The molecule has 1 saturated carbocycles. The highest BCUT2D eigenvalue weighted by Crippen LogP contribution is 2.23. The van der Waals surface area contributed by atoms with Crippen LogP contribution in [0.25, 0.3) is 0 Å². The molecule has 2 atom stereocenters. The molecule has 8 nitrogen and oxygen atoms in total. The minimum Gasteiger partial charge on any atom is -0.438 e. The number of furan rings is 1. The first kappa shape index (κ1) is 18.4. The van der Waals surface area contributed by atoms with Crippen LogP contribution in [0.2, 0.25) is 0 Å². The second-order valence-corrected chi connectivity index (χ2v) is 8.43. The summed E-state index contributed by atoms with van der Waals surface area (Å²) in [5, 5.41) is 2.54. The topological polar surface area (TPSA) is 101 Å². The van der Waals surface area contributed by atoms with Crippen molar-refractivity contribution in [2.75, 3.05) is 26.2 Å².